The summed E-state index contributed by atoms with van der Waals surface area (Å²) in [4.78, 5) is 42.1. The highest BCUT2D eigenvalue weighted by Gasteiger charge is 2.39. The number of amides is 2. The Bertz CT molecular complexity index is 1110. The zero-order valence-corrected chi connectivity index (χ0v) is 19.9. The van der Waals surface area contributed by atoms with Crippen molar-refractivity contribution in [2.45, 2.75) is 44.6 Å². The van der Waals surface area contributed by atoms with Crippen LogP contribution in [0.15, 0.2) is 24.5 Å². The Kier molecular flexibility index (Phi) is 6.15. The number of fused-ring (bicyclic) bond motifs is 4. The van der Waals surface area contributed by atoms with Crippen molar-refractivity contribution in [3.05, 3.63) is 30.2 Å². The Balaban J connectivity index is 1.28. The first-order chi connectivity index (χ1) is 16.8. The maximum atomic E-state index is 13.3. The van der Waals surface area contributed by atoms with Crippen molar-refractivity contribution in [3.8, 4) is 5.88 Å². The number of methoxy groups -OCH3 is 1. The summed E-state index contributed by atoms with van der Waals surface area (Å²) in [6.07, 6.45) is 4.46. The number of esters is 1. The van der Waals surface area contributed by atoms with Gasteiger partial charge in [-0.3, -0.25) is 10.2 Å². The molecule has 2 aromatic rings. The van der Waals surface area contributed by atoms with Gasteiger partial charge in [0.05, 0.1) is 37.8 Å². The number of aromatic nitrogens is 3. The van der Waals surface area contributed by atoms with Crippen LogP contribution >= 0.6 is 0 Å². The summed E-state index contributed by atoms with van der Waals surface area (Å²) in [5.74, 6) is -0.169. The van der Waals surface area contributed by atoms with Crippen LogP contribution in [0.3, 0.4) is 0 Å². The van der Waals surface area contributed by atoms with Crippen LogP contribution in [0.2, 0.25) is 0 Å². The number of carbonyl (C=O) groups is 2. The van der Waals surface area contributed by atoms with E-state index in [1.807, 2.05) is 19.9 Å². The molecule has 2 bridgehead atoms. The topological polar surface area (TPSA) is 128 Å². The number of rotatable bonds is 5. The number of nitrogens with zero attached hydrogens (tertiary/aromatic N) is 5. The van der Waals surface area contributed by atoms with Crippen molar-refractivity contribution in [1.82, 2.24) is 15.0 Å². The van der Waals surface area contributed by atoms with E-state index in [0.717, 1.165) is 25.1 Å². The number of hydrogen-bond donors (Lipinski definition) is 1. The molecule has 1 unspecified atom stereocenters. The van der Waals surface area contributed by atoms with Gasteiger partial charge in [-0.15, -0.1) is 0 Å². The van der Waals surface area contributed by atoms with Gasteiger partial charge in [0, 0.05) is 13.1 Å². The van der Waals surface area contributed by atoms with Gasteiger partial charge in [-0.25, -0.2) is 24.5 Å². The molecule has 5 heterocycles. The summed E-state index contributed by atoms with van der Waals surface area (Å²) in [6, 6.07) is 2.95. The van der Waals surface area contributed by atoms with Gasteiger partial charge in [0.25, 0.3) is 0 Å². The highest BCUT2D eigenvalue weighted by atomic mass is 16.7. The molecule has 0 saturated carbocycles. The van der Waals surface area contributed by atoms with Gasteiger partial charge in [0.15, 0.2) is 23.1 Å². The van der Waals surface area contributed by atoms with Crippen molar-refractivity contribution in [2.75, 3.05) is 48.5 Å². The van der Waals surface area contributed by atoms with Crippen molar-refractivity contribution in [2.24, 2.45) is 0 Å². The monoisotopic (exact) mass is 484 g/mol. The standard InChI is InChI=1S/C23H28N6O6/c1-23(2)34-13-15(35-23)12-33-19-10-24-18(9-25-19)27-22(31)29-14-5-4-8-28(11-14)17-7-6-16(21(30)32-3)26-20(17)29/h6-7,9-10,14-15H,4-5,8,11-13H2,1-3H3,(H,24,27,31)/t14?,15-/m0/s1. The van der Waals surface area contributed by atoms with Gasteiger partial charge in [-0.2, -0.15) is 0 Å². The SMILES string of the molecule is COC(=O)c1ccc2c(n1)N(C(=O)Nc1cnc(OC[C@H]3COC(C)(C)O3)cn1)C1CCCN2C1. The molecule has 35 heavy (non-hydrogen) atoms. The van der Waals surface area contributed by atoms with Crippen molar-refractivity contribution < 1.29 is 28.5 Å². The van der Waals surface area contributed by atoms with E-state index in [0.29, 0.717) is 24.8 Å². The number of urea groups is 1. The Morgan fingerprint density at radius 3 is 2.83 bits per heavy atom. The van der Waals surface area contributed by atoms with Crippen molar-refractivity contribution in [3.63, 3.8) is 0 Å². The molecule has 3 aliphatic heterocycles. The normalized spacial score (nSPS) is 22.4. The lowest BCUT2D eigenvalue weighted by atomic mass is 10.00. The zero-order valence-electron chi connectivity index (χ0n) is 19.9. The highest BCUT2D eigenvalue weighted by Crippen LogP contribution is 2.38. The predicted octanol–water partition coefficient (Wildman–Crippen LogP) is 2.21. The maximum absolute atomic E-state index is 13.3. The first kappa shape index (κ1) is 23.2. The molecule has 2 fully saturated rings. The van der Waals surface area contributed by atoms with E-state index < -0.39 is 17.8 Å². The summed E-state index contributed by atoms with van der Waals surface area (Å²) in [7, 11) is 1.30. The number of ether oxygens (including phenoxy) is 4. The average Bonchev–Trinajstić information content (AvgIpc) is 3.21. The van der Waals surface area contributed by atoms with Gasteiger partial charge in [0.1, 0.15) is 12.7 Å². The van der Waals surface area contributed by atoms with Crippen LogP contribution in [-0.2, 0) is 14.2 Å². The van der Waals surface area contributed by atoms with E-state index in [4.69, 9.17) is 18.9 Å². The van der Waals surface area contributed by atoms with Crippen LogP contribution in [-0.4, -0.2) is 78.3 Å². The minimum atomic E-state index is -0.622. The molecule has 5 rings (SSSR count). The van der Waals surface area contributed by atoms with Gasteiger partial charge in [-0.1, -0.05) is 0 Å². The van der Waals surface area contributed by atoms with E-state index >= 15 is 0 Å². The van der Waals surface area contributed by atoms with Crippen molar-refractivity contribution in [1.29, 1.82) is 0 Å². The number of carbonyl (C=O) groups excluding carboxylic acids is 2. The van der Waals surface area contributed by atoms with Crippen LogP contribution in [0.4, 0.5) is 22.1 Å². The smallest absolute Gasteiger partial charge is 0.356 e. The number of pyridine rings is 1. The Morgan fingerprint density at radius 1 is 1.26 bits per heavy atom. The van der Waals surface area contributed by atoms with E-state index in [9.17, 15) is 9.59 Å². The third-order valence-electron chi connectivity index (χ3n) is 6.15. The van der Waals surface area contributed by atoms with Gasteiger partial charge < -0.3 is 23.8 Å². The maximum Gasteiger partial charge on any atom is 0.356 e. The zero-order chi connectivity index (χ0) is 24.6. The molecule has 0 radical (unpaired) electrons. The third-order valence-corrected chi connectivity index (χ3v) is 6.15. The molecular formula is C23H28N6O6. The van der Waals surface area contributed by atoms with Crippen molar-refractivity contribution >= 4 is 29.3 Å². The molecule has 2 atom stereocenters. The second-order valence-corrected chi connectivity index (χ2v) is 9.07. The molecule has 2 aromatic heterocycles. The second-order valence-electron chi connectivity index (χ2n) is 9.07. The lowest BCUT2D eigenvalue weighted by Gasteiger charge is -2.45. The Morgan fingerprint density at radius 2 is 2.11 bits per heavy atom. The molecule has 0 aromatic carbocycles. The molecule has 0 spiro atoms. The lowest BCUT2D eigenvalue weighted by molar-refractivity contribution is -0.141. The van der Waals surface area contributed by atoms with E-state index in [2.05, 4.69) is 25.2 Å². The van der Waals surface area contributed by atoms with Crippen LogP contribution in [0.25, 0.3) is 0 Å². The van der Waals surface area contributed by atoms with Crippen LogP contribution in [0, 0.1) is 0 Å². The molecule has 2 amide bonds. The molecule has 0 aliphatic carbocycles. The largest absolute Gasteiger partial charge is 0.474 e. The lowest BCUT2D eigenvalue weighted by Crippen LogP contribution is -2.56. The van der Waals surface area contributed by atoms with Crippen LogP contribution in [0.1, 0.15) is 37.2 Å². The van der Waals surface area contributed by atoms with E-state index in [1.54, 1.807) is 11.0 Å². The molecular weight excluding hydrogens is 456 g/mol. The molecule has 3 aliphatic rings. The van der Waals surface area contributed by atoms with Gasteiger partial charge in [-0.05, 0) is 38.8 Å². The molecule has 12 heteroatoms. The first-order valence-electron chi connectivity index (χ1n) is 11.5. The second kappa shape index (κ2) is 9.27. The fourth-order valence-electron chi connectivity index (χ4n) is 4.55. The summed E-state index contributed by atoms with van der Waals surface area (Å²) in [5.41, 5.74) is 0.950. The van der Waals surface area contributed by atoms with E-state index in [1.165, 1.54) is 19.5 Å². The molecule has 186 valence electrons. The summed E-state index contributed by atoms with van der Waals surface area (Å²) < 4.78 is 21.7. The van der Waals surface area contributed by atoms with Crippen LogP contribution < -0.4 is 19.9 Å². The average molecular weight is 485 g/mol. The van der Waals surface area contributed by atoms with Crippen LogP contribution in [0.5, 0.6) is 5.88 Å². The molecule has 2 saturated heterocycles. The summed E-state index contributed by atoms with van der Waals surface area (Å²) >= 11 is 0. The number of anilines is 3. The third kappa shape index (κ3) is 4.84. The number of piperidine rings is 1. The predicted molar refractivity (Wildman–Crippen MR) is 125 cm³/mol. The highest BCUT2D eigenvalue weighted by molar-refractivity contribution is 6.04. The van der Waals surface area contributed by atoms with Gasteiger partial charge in [0.2, 0.25) is 5.88 Å². The quantitative estimate of drug-likeness (QED) is 0.631. The number of hydrogen-bond acceptors (Lipinski definition) is 10. The summed E-state index contributed by atoms with van der Waals surface area (Å²) in [5, 5.41) is 2.79. The minimum Gasteiger partial charge on any atom is -0.474 e. The van der Waals surface area contributed by atoms with Gasteiger partial charge >= 0.3 is 12.0 Å². The fourth-order valence-corrected chi connectivity index (χ4v) is 4.55. The van der Waals surface area contributed by atoms with E-state index in [-0.39, 0.29) is 30.3 Å². The summed E-state index contributed by atoms with van der Waals surface area (Å²) in [6.45, 7) is 5.99. The molecule has 12 nitrogen and oxygen atoms in total. The Hall–Kier alpha value is -3.51. The number of nitrogens with one attached hydrogen (secondary N) is 1. The fraction of sp³-hybridized carbons (Fsp3) is 0.522. The first-order valence-corrected chi connectivity index (χ1v) is 11.5. The Labute approximate surface area is 202 Å². The molecule has 1 N–H and O–H groups in total. The minimum absolute atomic E-state index is 0.0786.